The predicted molar refractivity (Wildman–Crippen MR) is 56.9 cm³/mol. The summed E-state index contributed by atoms with van der Waals surface area (Å²) < 4.78 is 5.20. The van der Waals surface area contributed by atoms with Gasteiger partial charge in [0.25, 0.3) is 0 Å². The average molecular weight is 176 g/mol. The van der Waals surface area contributed by atoms with E-state index in [1.807, 2.05) is 45.0 Å². The molecule has 0 saturated heterocycles. The molecule has 0 spiro atoms. The van der Waals surface area contributed by atoms with Gasteiger partial charge >= 0.3 is 0 Å². The lowest BCUT2D eigenvalue weighted by molar-refractivity contribution is 0.370. The van der Waals surface area contributed by atoms with Crippen molar-refractivity contribution >= 4 is 0 Å². The summed E-state index contributed by atoms with van der Waals surface area (Å²) in [6, 6.07) is 7.81. The third kappa shape index (κ3) is 4.92. The third-order valence-electron chi connectivity index (χ3n) is 1.31. The van der Waals surface area contributed by atoms with Crippen LogP contribution in [0.15, 0.2) is 24.3 Å². The molecule has 0 aliphatic carbocycles. The minimum absolute atomic E-state index is 0.337. The Kier molecular flexibility index (Phi) is 6.45. The Balaban J connectivity index is 0.000000671. The number of hydrogen-bond donors (Lipinski definition) is 0. The van der Waals surface area contributed by atoms with Gasteiger partial charge in [-0.1, -0.05) is 31.9 Å². The molecular weight excluding hydrogens is 160 g/mol. The molecule has 1 heteroatoms. The lowest BCUT2D eigenvalue weighted by atomic mass is 10.2. The molecule has 0 aliphatic rings. The first kappa shape index (κ1) is 11.6. The van der Waals surface area contributed by atoms with E-state index in [-0.39, 0.29) is 0 Å². The van der Waals surface area contributed by atoms with Gasteiger partial charge in [-0.15, -0.1) is 6.42 Å². The fraction of sp³-hybridized carbons (Fsp3) is 0.333. The van der Waals surface area contributed by atoms with Crippen LogP contribution < -0.4 is 4.74 Å². The summed E-state index contributed by atoms with van der Waals surface area (Å²) in [5, 5.41) is 0. The Morgan fingerprint density at radius 1 is 1.38 bits per heavy atom. The van der Waals surface area contributed by atoms with E-state index in [0.29, 0.717) is 6.61 Å². The molecule has 0 N–H and O–H groups in total. The molecule has 0 saturated carbocycles. The number of terminal acetylenes is 1. The number of benzene rings is 1. The van der Waals surface area contributed by atoms with Gasteiger partial charge in [0.1, 0.15) is 12.4 Å². The van der Waals surface area contributed by atoms with E-state index < -0.39 is 0 Å². The molecule has 1 aromatic rings. The van der Waals surface area contributed by atoms with Crippen LogP contribution in [-0.4, -0.2) is 6.61 Å². The van der Waals surface area contributed by atoms with Crippen molar-refractivity contribution in [3.63, 3.8) is 0 Å². The SMILES string of the molecule is C#CCOc1cccc(C)c1.CC. The molecule has 0 aliphatic heterocycles. The van der Waals surface area contributed by atoms with Gasteiger partial charge in [-0.2, -0.15) is 0 Å². The molecule has 1 nitrogen and oxygen atoms in total. The van der Waals surface area contributed by atoms with Gasteiger partial charge in [0.05, 0.1) is 0 Å². The van der Waals surface area contributed by atoms with E-state index in [4.69, 9.17) is 11.2 Å². The summed E-state index contributed by atoms with van der Waals surface area (Å²) in [7, 11) is 0. The van der Waals surface area contributed by atoms with Crippen molar-refractivity contribution in [3.8, 4) is 18.1 Å². The minimum atomic E-state index is 0.337. The summed E-state index contributed by atoms with van der Waals surface area (Å²) in [5.41, 5.74) is 1.18. The van der Waals surface area contributed by atoms with Gasteiger partial charge in [0.2, 0.25) is 0 Å². The lowest BCUT2D eigenvalue weighted by Crippen LogP contribution is -1.92. The second-order valence-electron chi connectivity index (χ2n) is 2.31. The van der Waals surface area contributed by atoms with Crippen LogP contribution in [0, 0.1) is 19.3 Å². The predicted octanol–water partition coefficient (Wildman–Crippen LogP) is 3.03. The number of rotatable bonds is 2. The van der Waals surface area contributed by atoms with Crippen LogP contribution in [0.1, 0.15) is 19.4 Å². The fourth-order valence-electron chi connectivity index (χ4n) is 0.830. The van der Waals surface area contributed by atoms with E-state index >= 15 is 0 Å². The maximum atomic E-state index is 5.20. The Morgan fingerprint density at radius 2 is 2.08 bits per heavy atom. The smallest absolute Gasteiger partial charge is 0.148 e. The second kappa shape index (κ2) is 7.24. The van der Waals surface area contributed by atoms with Crippen LogP contribution in [0.3, 0.4) is 0 Å². The summed E-state index contributed by atoms with van der Waals surface area (Å²) in [6.45, 7) is 6.35. The molecule has 1 aromatic carbocycles. The van der Waals surface area contributed by atoms with Crippen LogP contribution in [-0.2, 0) is 0 Å². The van der Waals surface area contributed by atoms with Gasteiger partial charge < -0.3 is 4.74 Å². The number of ether oxygens (including phenoxy) is 1. The molecule has 0 aromatic heterocycles. The zero-order valence-electron chi connectivity index (χ0n) is 8.50. The summed E-state index contributed by atoms with van der Waals surface area (Å²) in [5.74, 6) is 3.25. The maximum Gasteiger partial charge on any atom is 0.148 e. The molecule has 0 fully saturated rings. The molecule has 1 rings (SSSR count). The molecule has 0 amide bonds. The highest BCUT2D eigenvalue weighted by molar-refractivity contribution is 5.27. The van der Waals surface area contributed by atoms with Gasteiger partial charge in [-0.25, -0.2) is 0 Å². The molecule has 0 atom stereocenters. The van der Waals surface area contributed by atoms with Crippen LogP contribution in [0.2, 0.25) is 0 Å². The Bertz CT molecular complexity index is 271. The first-order valence-corrected chi connectivity index (χ1v) is 4.46. The van der Waals surface area contributed by atoms with Crippen molar-refractivity contribution in [3.05, 3.63) is 29.8 Å². The van der Waals surface area contributed by atoms with E-state index in [1.54, 1.807) is 0 Å². The van der Waals surface area contributed by atoms with Crippen LogP contribution >= 0.6 is 0 Å². The lowest BCUT2D eigenvalue weighted by Gasteiger charge is -2.01. The van der Waals surface area contributed by atoms with Crippen molar-refractivity contribution in [2.75, 3.05) is 6.61 Å². The molecular formula is C12H16O. The minimum Gasteiger partial charge on any atom is -0.481 e. The Hall–Kier alpha value is -1.42. The molecule has 0 unspecified atom stereocenters. The Labute approximate surface area is 80.7 Å². The topological polar surface area (TPSA) is 9.23 Å². The van der Waals surface area contributed by atoms with Crippen molar-refractivity contribution in [1.29, 1.82) is 0 Å². The standard InChI is InChI=1S/C10H10O.C2H6/c1-3-7-11-10-6-4-5-9(2)8-10;1-2/h1,4-6,8H,7H2,2H3;1-2H3. The molecule has 70 valence electrons. The summed E-state index contributed by atoms with van der Waals surface area (Å²) in [4.78, 5) is 0. The number of hydrogen-bond acceptors (Lipinski definition) is 1. The second-order valence-corrected chi connectivity index (χ2v) is 2.31. The van der Waals surface area contributed by atoms with E-state index in [2.05, 4.69) is 5.92 Å². The normalized spacial score (nSPS) is 7.85. The van der Waals surface area contributed by atoms with Gasteiger partial charge in [0.15, 0.2) is 0 Å². The van der Waals surface area contributed by atoms with Gasteiger partial charge in [0, 0.05) is 0 Å². The monoisotopic (exact) mass is 176 g/mol. The highest BCUT2D eigenvalue weighted by Gasteiger charge is 1.89. The van der Waals surface area contributed by atoms with Crippen LogP contribution in [0.25, 0.3) is 0 Å². The van der Waals surface area contributed by atoms with Gasteiger partial charge in [-0.05, 0) is 24.6 Å². The third-order valence-corrected chi connectivity index (χ3v) is 1.31. The zero-order valence-corrected chi connectivity index (χ0v) is 8.50. The maximum absolute atomic E-state index is 5.20. The van der Waals surface area contributed by atoms with E-state index in [1.165, 1.54) is 5.56 Å². The molecule has 0 bridgehead atoms. The first-order valence-electron chi connectivity index (χ1n) is 4.46. The molecule has 0 heterocycles. The summed E-state index contributed by atoms with van der Waals surface area (Å²) >= 11 is 0. The van der Waals surface area contributed by atoms with E-state index in [9.17, 15) is 0 Å². The fourth-order valence-corrected chi connectivity index (χ4v) is 0.830. The summed E-state index contributed by atoms with van der Waals surface area (Å²) in [6.07, 6.45) is 5.04. The van der Waals surface area contributed by atoms with Crippen LogP contribution in [0.5, 0.6) is 5.75 Å². The zero-order chi connectivity index (χ0) is 10.1. The molecule has 0 radical (unpaired) electrons. The van der Waals surface area contributed by atoms with Crippen molar-refractivity contribution in [2.45, 2.75) is 20.8 Å². The van der Waals surface area contributed by atoms with Crippen molar-refractivity contribution in [1.82, 2.24) is 0 Å². The highest BCUT2D eigenvalue weighted by Crippen LogP contribution is 2.11. The molecule has 13 heavy (non-hydrogen) atoms. The van der Waals surface area contributed by atoms with Crippen LogP contribution in [0.4, 0.5) is 0 Å². The average Bonchev–Trinajstić information content (AvgIpc) is 2.18. The largest absolute Gasteiger partial charge is 0.481 e. The van der Waals surface area contributed by atoms with Crippen molar-refractivity contribution in [2.24, 2.45) is 0 Å². The van der Waals surface area contributed by atoms with Crippen molar-refractivity contribution < 1.29 is 4.74 Å². The first-order chi connectivity index (χ1) is 6.33. The van der Waals surface area contributed by atoms with Gasteiger partial charge in [-0.3, -0.25) is 0 Å². The highest BCUT2D eigenvalue weighted by atomic mass is 16.5. The van der Waals surface area contributed by atoms with E-state index in [0.717, 1.165) is 5.75 Å². The number of aryl methyl sites for hydroxylation is 1. The quantitative estimate of drug-likeness (QED) is 0.629. The Morgan fingerprint density at radius 3 is 2.62 bits per heavy atom.